The number of hydrogen-bond acceptors (Lipinski definition) is 3. The molecule has 0 saturated carbocycles. The van der Waals surface area contributed by atoms with E-state index in [1.807, 2.05) is 24.3 Å². The van der Waals surface area contributed by atoms with Crippen molar-refractivity contribution in [1.29, 1.82) is 5.26 Å². The minimum absolute atomic E-state index is 0.338. The third kappa shape index (κ3) is 3.72. The van der Waals surface area contributed by atoms with Gasteiger partial charge in [0.15, 0.2) is 0 Å². The van der Waals surface area contributed by atoms with Gasteiger partial charge in [-0.05, 0) is 67.5 Å². The van der Waals surface area contributed by atoms with Gasteiger partial charge in [-0.3, -0.25) is 0 Å². The Morgan fingerprint density at radius 2 is 1.17 bits per heavy atom. The van der Waals surface area contributed by atoms with Crippen molar-refractivity contribution in [3.05, 3.63) is 78.4 Å². The molecule has 1 aliphatic heterocycles. The normalized spacial score (nSPS) is 17.1. The quantitative estimate of drug-likeness (QED) is 0.587. The van der Waals surface area contributed by atoms with Crippen molar-refractivity contribution in [2.24, 2.45) is 0 Å². The van der Waals surface area contributed by atoms with Crippen LogP contribution in [0.3, 0.4) is 0 Å². The van der Waals surface area contributed by atoms with Crippen LogP contribution in [0.15, 0.2) is 72.8 Å². The van der Waals surface area contributed by atoms with Crippen LogP contribution >= 0.6 is 0 Å². The van der Waals surface area contributed by atoms with E-state index >= 15 is 0 Å². The van der Waals surface area contributed by atoms with E-state index in [4.69, 9.17) is 14.6 Å². The van der Waals surface area contributed by atoms with Gasteiger partial charge in [0.2, 0.25) is 0 Å². The minimum Gasteiger partial charge on any atom is -0.399 e. The summed E-state index contributed by atoms with van der Waals surface area (Å²) >= 11 is 0. The maximum Gasteiger partial charge on any atom is 0.494 e. The van der Waals surface area contributed by atoms with E-state index in [9.17, 15) is 0 Å². The third-order valence-corrected chi connectivity index (χ3v) is 5.98. The van der Waals surface area contributed by atoms with Gasteiger partial charge in [-0.25, -0.2) is 0 Å². The van der Waals surface area contributed by atoms with E-state index in [0.29, 0.717) is 5.56 Å². The fourth-order valence-corrected chi connectivity index (χ4v) is 3.44. The molecule has 0 aliphatic carbocycles. The third-order valence-electron chi connectivity index (χ3n) is 5.98. The molecule has 4 rings (SSSR count). The summed E-state index contributed by atoms with van der Waals surface area (Å²) in [4.78, 5) is 0. The molecule has 144 valence electrons. The second-order valence-corrected chi connectivity index (χ2v) is 8.48. The largest absolute Gasteiger partial charge is 0.494 e. The second kappa shape index (κ2) is 7.19. The number of nitrogens with zero attached hydrogens (tertiary/aromatic N) is 1. The Morgan fingerprint density at radius 1 is 0.690 bits per heavy atom. The molecule has 0 N–H and O–H groups in total. The Kier molecular flexibility index (Phi) is 4.82. The summed E-state index contributed by atoms with van der Waals surface area (Å²) in [6.45, 7) is 8.26. The molecule has 1 aliphatic rings. The first-order chi connectivity index (χ1) is 13.8. The first kappa shape index (κ1) is 19.5. The number of nitriles is 1. The zero-order chi connectivity index (χ0) is 20.6. The number of benzene rings is 3. The monoisotopic (exact) mass is 381 g/mol. The molecule has 1 fully saturated rings. The lowest BCUT2D eigenvalue weighted by molar-refractivity contribution is 0.00578. The SMILES string of the molecule is CC1(C)OB(c2ccc(-c3ccc(-c4cccc(C#N)c4)cc3)cc2)OC1(C)C. The Morgan fingerprint density at radius 3 is 1.69 bits per heavy atom. The van der Waals surface area contributed by atoms with Crippen molar-refractivity contribution in [1.82, 2.24) is 0 Å². The molecule has 0 atom stereocenters. The molecule has 0 spiro atoms. The predicted molar refractivity (Wildman–Crippen MR) is 118 cm³/mol. The molecule has 0 unspecified atom stereocenters. The van der Waals surface area contributed by atoms with Gasteiger partial charge in [0.05, 0.1) is 22.8 Å². The van der Waals surface area contributed by atoms with E-state index in [1.165, 1.54) is 0 Å². The predicted octanol–water partition coefficient (Wildman–Crippen LogP) is 5.19. The Labute approximate surface area is 173 Å². The van der Waals surface area contributed by atoms with E-state index in [-0.39, 0.29) is 18.3 Å². The van der Waals surface area contributed by atoms with Gasteiger partial charge in [0.25, 0.3) is 0 Å². The molecule has 3 aromatic carbocycles. The average Bonchev–Trinajstić information content (AvgIpc) is 2.95. The van der Waals surface area contributed by atoms with E-state index in [2.05, 4.69) is 82.3 Å². The van der Waals surface area contributed by atoms with Gasteiger partial charge in [-0.2, -0.15) is 5.26 Å². The summed E-state index contributed by atoms with van der Waals surface area (Å²) in [6, 6.07) is 26.6. The summed E-state index contributed by atoms with van der Waals surface area (Å²) in [6.07, 6.45) is 0. The molecule has 4 heteroatoms. The van der Waals surface area contributed by atoms with Crippen molar-refractivity contribution in [3.63, 3.8) is 0 Å². The molecule has 1 saturated heterocycles. The van der Waals surface area contributed by atoms with Gasteiger partial charge in [0.1, 0.15) is 0 Å². The van der Waals surface area contributed by atoms with Crippen molar-refractivity contribution in [2.75, 3.05) is 0 Å². The van der Waals surface area contributed by atoms with Crippen LogP contribution in [0, 0.1) is 11.3 Å². The smallest absolute Gasteiger partial charge is 0.399 e. The van der Waals surface area contributed by atoms with Crippen LogP contribution in [0.5, 0.6) is 0 Å². The van der Waals surface area contributed by atoms with Crippen LogP contribution in [-0.2, 0) is 9.31 Å². The van der Waals surface area contributed by atoms with Gasteiger partial charge < -0.3 is 9.31 Å². The molecule has 3 aromatic rings. The second-order valence-electron chi connectivity index (χ2n) is 8.48. The van der Waals surface area contributed by atoms with Crippen LogP contribution in [-0.4, -0.2) is 18.3 Å². The van der Waals surface area contributed by atoms with Crippen LogP contribution in [0.25, 0.3) is 22.3 Å². The fraction of sp³-hybridized carbons (Fsp3) is 0.240. The highest BCUT2D eigenvalue weighted by molar-refractivity contribution is 6.62. The lowest BCUT2D eigenvalue weighted by atomic mass is 9.78. The maximum atomic E-state index is 9.09. The van der Waals surface area contributed by atoms with Gasteiger partial charge in [-0.1, -0.05) is 60.7 Å². The van der Waals surface area contributed by atoms with Gasteiger partial charge in [-0.15, -0.1) is 0 Å². The first-order valence-electron chi connectivity index (χ1n) is 9.86. The van der Waals surface area contributed by atoms with Gasteiger partial charge >= 0.3 is 7.12 Å². The summed E-state index contributed by atoms with van der Waals surface area (Å²) in [5.41, 5.74) is 5.45. The van der Waals surface area contributed by atoms with Gasteiger partial charge in [0, 0.05) is 0 Å². The molecule has 0 aromatic heterocycles. The van der Waals surface area contributed by atoms with E-state index in [0.717, 1.165) is 27.7 Å². The number of hydrogen-bond donors (Lipinski definition) is 0. The highest BCUT2D eigenvalue weighted by Gasteiger charge is 2.51. The lowest BCUT2D eigenvalue weighted by Crippen LogP contribution is -2.41. The topological polar surface area (TPSA) is 42.2 Å². The van der Waals surface area contributed by atoms with Crippen LogP contribution < -0.4 is 5.46 Å². The molecule has 29 heavy (non-hydrogen) atoms. The Balaban J connectivity index is 1.53. The highest BCUT2D eigenvalue weighted by atomic mass is 16.7. The van der Waals surface area contributed by atoms with Crippen molar-refractivity contribution in [2.45, 2.75) is 38.9 Å². The molecule has 0 bridgehead atoms. The maximum absolute atomic E-state index is 9.09. The van der Waals surface area contributed by atoms with Crippen molar-refractivity contribution in [3.8, 4) is 28.3 Å². The molecular formula is C25H24BNO2. The molecule has 0 amide bonds. The molecule has 3 nitrogen and oxygen atoms in total. The summed E-state index contributed by atoms with van der Waals surface area (Å²) < 4.78 is 12.3. The fourth-order valence-electron chi connectivity index (χ4n) is 3.44. The Bertz CT molecular complexity index is 1050. The van der Waals surface area contributed by atoms with Crippen molar-refractivity contribution < 1.29 is 9.31 Å². The zero-order valence-electron chi connectivity index (χ0n) is 17.3. The summed E-state index contributed by atoms with van der Waals surface area (Å²) in [7, 11) is -0.344. The lowest BCUT2D eigenvalue weighted by Gasteiger charge is -2.32. The van der Waals surface area contributed by atoms with Crippen LogP contribution in [0.1, 0.15) is 33.3 Å². The minimum atomic E-state index is -0.344. The summed E-state index contributed by atoms with van der Waals surface area (Å²) in [5.74, 6) is 0. The zero-order valence-corrected chi connectivity index (χ0v) is 17.3. The molecular weight excluding hydrogens is 357 g/mol. The van der Waals surface area contributed by atoms with E-state index < -0.39 is 0 Å². The van der Waals surface area contributed by atoms with Crippen LogP contribution in [0.2, 0.25) is 0 Å². The van der Waals surface area contributed by atoms with Crippen LogP contribution in [0.4, 0.5) is 0 Å². The highest BCUT2D eigenvalue weighted by Crippen LogP contribution is 2.36. The first-order valence-corrected chi connectivity index (χ1v) is 9.86. The molecule has 0 radical (unpaired) electrons. The summed E-state index contributed by atoms with van der Waals surface area (Å²) in [5, 5.41) is 9.09. The average molecular weight is 381 g/mol. The van der Waals surface area contributed by atoms with E-state index in [1.54, 1.807) is 0 Å². The standard InChI is InChI=1S/C25H24BNO2/c1-24(2)25(3,4)29-26(28-24)23-14-12-20(13-15-23)19-8-10-21(11-9-19)22-7-5-6-18(16-22)17-27/h5-16H,1-4H3. The Hall–Kier alpha value is -2.87. The van der Waals surface area contributed by atoms with Crippen molar-refractivity contribution >= 4 is 12.6 Å². The number of rotatable bonds is 3. The molecule has 1 heterocycles.